The van der Waals surface area contributed by atoms with Crippen LogP contribution in [-0.4, -0.2) is 34.0 Å². The number of hydrogen-bond acceptors (Lipinski definition) is 2. The number of benzene rings is 1. The van der Waals surface area contributed by atoms with Crippen molar-refractivity contribution in [2.24, 2.45) is 0 Å². The van der Waals surface area contributed by atoms with E-state index >= 15 is 0 Å². The van der Waals surface area contributed by atoms with E-state index in [-0.39, 0.29) is 12.3 Å². The van der Waals surface area contributed by atoms with Crippen LogP contribution in [0, 0.1) is 0 Å². The summed E-state index contributed by atoms with van der Waals surface area (Å²) in [6.07, 6.45) is -0.0247. The lowest BCUT2D eigenvalue weighted by atomic mass is 10.0. The fourth-order valence-electron chi connectivity index (χ4n) is 1.95. The van der Waals surface area contributed by atoms with E-state index in [1.807, 2.05) is 0 Å². The van der Waals surface area contributed by atoms with Crippen LogP contribution in [-0.2, 0) is 16.0 Å². The number of carbonyl (C=O) groups excluding carboxylic acids is 1. The molecule has 4 nitrogen and oxygen atoms in total. The number of carboxylic acids is 1. The number of hydrogen-bond donors (Lipinski definition) is 1. The van der Waals surface area contributed by atoms with E-state index in [4.69, 9.17) is 23.2 Å². The summed E-state index contributed by atoms with van der Waals surface area (Å²) in [6, 6.07) is 4.99. The van der Waals surface area contributed by atoms with Gasteiger partial charge in [0.1, 0.15) is 5.54 Å². The van der Waals surface area contributed by atoms with Crippen LogP contribution in [0.3, 0.4) is 0 Å². The van der Waals surface area contributed by atoms with Gasteiger partial charge in [-0.2, -0.15) is 0 Å². The second-order valence-electron chi connectivity index (χ2n) is 4.88. The highest BCUT2D eigenvalue weighted by atomic mass is 35.5. The van der Waals surface area contributed by atoms with Gasteiger partial charge in [-0.1, -0.05) is 29.3 Å². The molecule has 1 amide bonds. The summed E-state index contributed by atoms with van der Waals surface area (Å²) in [7, 11) is 0. The number of nitrogens with zero attached hydrogens (tertiary/aromatic N) is 1. The predicted molar refractivity (Wildman–Crippen MR) is 79.3 cm³/mol. The number of rotatable bonds is 5. The molecule has 0 fully saturated rings. The summed E-state index contributed by atoms with van der Waals surface area (Å²) < 4.78 is 0. The van der Waals surface area contributed by atoms with Crippen LogP contribution >= 0.6 is 23.2 Å². The summed E-state index contributed by atoms with van der Waals surface area (Å²) >= 11 is 12.1. The van der Waals surface area contributed by atoms with Gasteiger partial charge in [-0.15, -0.1) is 0 Å². The maximum absolute atomic E-state index is 12.3. The molecule has 0 bridgehead atoms. The van der Waals surface area contributed by atoms with Gasteiger partial charge in [0.2, 0.25) is 5.91 Å². The van der Waals surface area contributed by atoms with E-state index < -0.39 is 11.5 Å². The molecular weight excluding hydrogens is 301 g/mol. The molecule has 0 radical (unpaired) electrons. The largest absolute Gasteiger partial charge is 0.480 e. The average Bonchev–Trinajstić information content (AvgIpc) is 2.34. The predicted octanol–water partition coefficient (Wildman–Crippen LogP) is 3.25. The standard InChI is InChI=1S/C14H17Cl2NO3/c1-4-17(14(2,3)13(19)20)12(18)8-9-10(15)6-5-7-11(9)16/h5-7H,4,8H2,1-3H3,(H,19,20). The van der Waals surface area contributed by atoms with Crippen molar-refractivity contribution in [1.82, 2.24) is 4.90 Å². The molecule has 1 N–H and O–H groups in total. The number of amides is 1. The fourth-order valence-corrected chi connectivity index (χ4v) is 2.48. The van der Waals surface area contributed by atoms with Crippen LogP contribution in [0.4, 0.5) is 0 Å². The molecule has 0 saturated heterocycles. The number of aliphatic carboxylic acids is 1. The van der Waals surface area contributed by atoms with Crippen LogP contribution in [0.1, 0.15) is 26.3 Å². The van der Waals surface area contributed by atoms with Gasteiger partial charge in [0.15, 0.2) is 0 Å². The minimum atomic E-state index is -1.28. The Bertz CT molecular complexity index is 509. The zero-order valence-corrected chi connectivity index (χ0v) is 13.1. The van der Waals surface area contributed by atoms with E-state index in [0.29, 0.717) is 22.2 Å². The zero-order valence-electron chi connectivity index (χ0n) is 11.6. The van der Waals surface area contributed by atoms with Crippen molar-refractivity contribution in [2.75, 3.05) is 6.54 Å². The Labute approximate surface area is 128 Å². The van der Waals surface area contributed by atoms with E-state index in [1.54, 1.807) is 25.1 Å². The second kappa shape index (κ2) is 6.46. The van der Waals surface area contributed by atoms with Gasteiger partial charge in [-0.25, -0.2) is 4.79 Å². The maximum Gasteiger partial charge on any atom is 0.329 e. The molecule has 0 aliphatic rings. The van der Waals surface area contributed by atoms with Gasteiger partial charge >= 0.3 is 5.97 Å². The van der Waals surface area contributed by atoms with Crippen LogP contribution in [0.25, 0.3) is 0 Å². The van der Waals surface area contributed by atoms with Gasteiger partial charge in [0, 0.05) is 16.6 Å². The van der Waals surface area contributed by atoms with Crippen LogP contribution in [0.2, 0.25) is 10.0 Å². The quantitative estimate of drug-likeness (QED) is 0.906. The van der Waals surface area contributed by atoms with Gasteiger partial charge in [0.25, 0.3) is 0 Å². The molecule has 1 rings (SSSR count). The van der Waals surface area contributed by atoms with E-state index in [9.17, 15) is 14.7 Å². The Hall–Kier alpha value is -1.26. The summed E-state index contributed by atoms with van der Waals surface area (Å²) in [5, 5.41) is 10.0. The summed E-state index contributed by atoms with van der Waals surface area (Å²) in [5.41, 5.74) is -0.764. The number of halogens is 2. The monoisotopic (exact) mass is 317 g/mol. The molecule has 0 aromatic heterocycles. The molecule has 110 valence electrons. The smallest absolute Gasteiger partial charge is 0.329 e. The molecule has 1 aromatic carbocycles. The summed E-state index contributed by atoms with van der Waals surface area (Å²) in [4.78, 5) is 24.9. The topological polar surface area (TPSA) is 57.6 Å². The molecule has 0 aliphatic carbocycles. The Morgan fingerprint density at radius 3 is 2.15 bits per heavy atom. The van der Waals surface area contributed by atoms with Crippen molar-refractivity contribution in [3.05, 3.63) is 33.8 Å². The third-order valence-electron chi connectivity index (χ3n) is 3.21. The van der Waals surface area contributed by atoms with E-state index in [2.05, 4.69) is 0 Å². The molecule has 0 saturated carbocycles. The van der Waals surface area contributed by atoms with Gasteiger partial charge in [0.05, 0.1) is 6.42 Å². The second-order valence-corrected chi connectivity index (χ2v) is 5.69. The Morgan fingerprint density at radius 2 is 1.75 bits per heavy atom. The van der Waals surface area contributed by atoms with Crippen LogP contribution in [0.5, 0.6) is 0 Å². The SMILES string of the molecule is CCN(C(=O)Cc1c(Cl)cccc1Cl)C(C)(C)C(=O)O. The Kier molecular flexibility index (Phi) is 5.42. The van der Waals surface area contributed by atoms with Crippen LogP contribution < -0.4 is 0 Å². The van der Waals surface area contributed by atoms with E-state index in [1.165, 1.54) is 18.7 Å². The fraction of sp³-hybridized carbons (Fsp3) is 0.429. The highest BCUT2D eigenvalue weighted by Crippen LogP contribution is 2.26. The number of carboxylic acid groups (broad SMARTS) is 1. The molecule has 0 atom stereocenters. The lowest BCUT2D eigenvalue weighted by molar-refractivity contribution is -0.156. The lowest BCUT2D eigenvalue weighted by Gasteiger charge is -2.34. The summed E-state index contributed by atoms with van der Waals surface area (Å²) in [5.74, 6) is -1.38. The third-order valence-corrected chi connectivity index (χ3v) is 3.91. The first-order valence-corrected chi connectivity index (χ1v) is 6.94. The molecular formula is C14H17Cl2NO3. The molecule has 0 unspecified atom stereocenters. The van der Waals surface area contributed by atoms with Crippen molar-refractivity contribution in [3.63, 3.8) is 0 Å². The van der Waals surface area contributed by atoms with Crippen molar-refractivity contribution < 1.29 is 14.7 Å². The lowest BCUT2D eigenvalue weighted by Crippen LogP contribution is -2.53. The summed E-state index contributed by atoms with van der Waals surface area (Å²) in [6.45, 7) is 5.01. The first-order chi connectivity index (χ1) is 9.21. The Morgan fingerprint density at radius 1 is 1.25 bits per heavy atom. The highest BCUT2D eigenvalue weighted by Gasteiger charge is 2.36. The maximum atomic E-state index is 12.3. The van der Waals surface area contributed by atoms with Crippen molar-refractivity contribution in [3.8, 4) is 0 Å². The van der Waals surface area contributed by atoms with Gasteiger partial charge in [-0.05, 0) is 38.5 Å². The first kappa shape index (κ1) is 16.8. The molecule has 1 aromatic rings. The van der Waals surface area contributed by atoms with Gasteiger partial charge in [-0.3, -0.25) is 4.79 Å². The Balaban J connectivity index is 3.03. The van der Waals surface area contributed by atoms with Crippen molar-refractivity contribution >= 4 is 35.1 Å². The molecule has 0 aliphatic heterocycles. The average molecular weight is 318 g/mol. The van der Waals surface area contributed by atoms with Gasteiger partial charge < -0.3 is 10.0 Å². The third kappa shape index (κ3) is 3.44. The normalized spacial score (nSPS) is 11.2. The van der Waals surface area contributed by atoms with Crippen LogP contribution in [0.15, 0.2) is 18.2 Å². The highest BCUT2D eigenvalue weighted by molar-refractivity contribution is 6.36. The van der Waals surface area contributed by atoms with E-state index in [0.717, 1.165) is 0 Å². The minimum absolute atomic E-state index is 0.0247. The number of carbonyl (C=O) groups is 2. The van der Waals surface area contributed by atoms with Crippen molar-refractivity contribution in [2.45, 2.75) is 32.7 Å². The minimum Gasteiger partial charge on any atom is -0.480 e. The molecule has 0 spiro atoms. The van der Waals surface area contributed by atoms with Crippen molar-refractivity contribution in [1.29, 1.82) is 0 Å². The molecule has 20 heavy (non-hydrogen) atoms. The zero-order chi connectivity index (χ0) is 15.5. The first-order valence-electron chi connectivity index (χ1n) is 6.18. The number of likely N-dealkylation sites (N-methyl/N-ethyl adjacent to an activating group) is 1. The molecule has 6 heteroatoms. The molecule has 0 heterocycles.